The Morgan fingerprint density at radius 2 is 1.79 bits per heavy atom. The Morgan fingerprint density at radius 3 is 2.71 bits per heavy atom. The van der Waals surface area contributed by atoms with Crippen LogP contribution in [0.25, 0.3) is 33.1 Å². The molecule has 4 rings (SSSR count). The van der Waals surface area contributed by atoms with Crippen LogP contribution in [0.1, 0.15) is 6.42 Å². The van der Waals surface area contributed by atoms with Crippen LogP contribution in [0.4, 0.5) is 5.69 Å². The normalized spacial score (nSPS) is 11.2. The molecule has 2 aromatic heterocycles. The molecule has 0 bridgehead atoms. The summed E-state index contributed by atoms with van der Waals surface area (Å²) in [5.41, 5.74) is 11.1. The number of nitrogens with two attached hydrogens (primary N) is 1. The van der Waals surface area contributed by atoms with E-state index in [4.69, 9.17) is 5.73 Å². The first-order valence-electron chi connectivity index (χ1n) is 8.27. The van der Waals surface area contributed by atoms with Crippen LogP contribution in [0, 0.1) is 0 Å². The molecule has 120 valence electrons. The number of fused-ring (bicyclic) bond motifs is 3. The molecule has 0 aliphatic carbocycles. The zero-order valence-corrected chi connectivity index (χ0v) is 13.4. The van der Waals surface area contributed by atoms with Gasteiger partial charge < -0.3 is 16.0 Å². The lowest BCUT2D eigenvalue weighted by atomic mass is 9.99. The van der Waals surface area contributed by atoms with Crippen molar-refractivity contribution in [3.05, 3.63) is 60.8 Å². The summed E-state index contributed by atoms with van der Waals surface area (Å²) in [6.45, 7) is 1.56. The van der Waals surface area contributed by atoms with E-state index >= 15 is 0 Å². The third-order valence-electron chi connectivity index (χ3n) is 4.31. The first kappa shape index (κ1) is 14.7. The smallest absolute Gasteiger partial charge is 0.138 e. The fourth-order valence-electron chi connectivity index (χ4n) is 3.19. The maximum Gasteiger partial charge on any atom is 0.138 e. The Balaban J connectivity index is 1.91. The second-order valence-corrected chi connectivity index (χ2v) is 5.87. The van der Waals surface area contributed by atoms with E-state index < -0.39 is 0 Å². The number of para-hydroxylation sites is 2. The topological polar surface area (TPSA) is 66.7 Å². The van der Waals surface area contributed by atoms with Gasteiger partial charge in [-0.25, -0.2) is 4.98 Å². The van der Waals surface area contributed by atoms with Crippen LogP contribution in [0.15, 0.2) is 60.8 Å². The molecule has 0 saturated heterocycles. The molecule has 4 nitrogen and oxygen atoms in total. The van der Waals surface area contributed by atoms with E-state index in [1.54, 1.807) is 0 Å². The summed E-state index contributed by atoms with van der Waals surface area (Å²) < 4.78 is 0. The first-order chi connectivity index (χ1) is 11.9. The lowest BCUT2D eigenvalue weighted by molar-refractivity contribution is 0.874. The summed E-state index contributed by atoms with van der Waals surface area (Å²) in [7, 11) is 0. The van der Waals surface area contributed by atoms with E-state index in [2.05, 4.69) is 63.8 Å². The third kappa shape index (κ3) is 2.51. The maximum absolute atomic E-state index is 5.61. The predicted octanol–water partition coefficient (Wildman–Crippen LogP) is 4.14. The van der Waals surface area contributed by atoms with Crippen molar-refractivity contribution in [1.82, 2.24) is 9.97 Å². The molecule has 4 heteroatoms. The highest BCUT2D eigenvalue weighted by molar-refractivity contribution is 6.13. The molecule has 0 atom stereocenters. The average molecular weight is 316 g/mol. The van der Waals surface area contributed by atoms with E-state index in [-0.39, 0.29) is 0 Å². The van der Waals surface area contributed by atoms with Gasteiger partial charge in [-0.15, -0.1) is 0 Å². The zero-order valence-electron chi connectivity index (χ0n) is 13.4. The SMILES string of the molecule is NCCCNc1ccccc1-c1ccnc2[nH]c3ccccc3c12. The van der Waals surface area contributed by atoms with Gasteiger partial charge in [0.25, 0.3) is 0 Å². The number of nitrogens with zero attached hydrogens (tertiary/aromatic N) is 1. The maximum atomic E-state index is 5.61. The quantitative estimate of drug-likeness (QED) is 0.485. The third-order valence-corrected chi connectivity index (χ3v) is 4.31. The van der Waals surface area contributed by atoms with Crippen molar-refractivity contribution in [2.75, 3.05) is 18.4 Å². The molecular weight excluding hydrogens is 296 g/mol. The minimum absolute atomic E-state index is 0.692. The first-order valence-corrected chi connectivity index (χ1v) is 8.27. The minimum Gasteiger partial charge on any atom is -0.384 e. The molecule has 2 aromatic carbocycles. The van der Waals surface area contributed by atoms with Crippen molar-refractivity contribution in [2.24, 2.45) is 5.73 Å². The Morgan fingerprint density at radius 1 is 0.958 bits per heavy atom. The van der Waals surface area contributed by atoms with Crippen LogP contribution in [-0.2, 0) is 0 Å². The lowest BCUT2D eigenvalue weighted by Crippen LogP contribution is -2.09. The van der Waals surface area contributed by atoms with Gasteiger partial charge >= 0.3 is 0 Å². The van der Waals surface area contributed by atoms with Crippen molar-refractivity contribution in [2.45, 2.75) is 6.42 Å². The highest BCUT2D eigenvalue weighted by Crippen LogP contribution is 2.36. The van der Waals surface area contributed by atoms with Crippen molar-refractivity contribution >= 4 is 27.6 Å². The molecule has 0 amide bonds. The number of aromatic nitrogens is 2. The minimum atomic E-state index is 0.692. The number of rotatable bonds is 5. The number of benzene rings is 2. The molecule has 0 aliphatic rings. The summed E-state index contributed by atoms with van der Waals surface area (Å²) >= 11 is 0. The van der Waals surface area contributed by atoms with Gasteiger partial charge in [-0.1, -0.05) is 36.4 Å². The summed E-state index contributed by atoms with van der Waals surface area (Å²) in [4.78, 5) is 7.93. The van der Waals surface area contributed by atoms with Gasteiger partial charge in [0.2, 0.25) is 0 Å². The fraction of sp³-hybridized carbons (Fsp3) is 0.150. The van der Waals surface area contributed by atoms with Crippen molar-refractivity contribution < 1.29 is 0 Å². The fourth-order valence-corrected chi connectivity index (χ4v) is 3.19. The van der Waals surface area contributed by atoms with Gasteiger partial charge in [0, 0.05) is 40.3 Å². The highest BCUT2D eigenvalue weighted by Gasteiger charge is 2.13. The van der Waals surface area contributed by atoms with Gasteiger partial charge in [-0.05, 0) is 36.7 Å². The van der Waals surface area contributed by atoms with E-state index in [0.717, 1.165) is 29.8 Å². The van der Waals surface area contributed by atoms with Crippen molar-refractivity contribution in [1.29, 1.82) is 0 Å². The standard InChI is InChI=1S/C20H20N4/c21-11-5-12-22-17-8-3-1-6-14(17)15-10-13-23-20-19(15)16-7-2-4-9-18(16)24-20/h1-4,6-10,13,22H,5,11-12,21H2,(H,23,24). The molecule has 2 heterocycles. The van der Waals surface area contributed by atoms with E-state index in [1.807, 2.05) is 12.3 Å². The van der Waals surface area contributed by atoms with Gasteiger partial charge in [0.1, 0.15) is 5.65 Å². The Bertz CT molecular complexity index is 987. The summed E-state index contributed by atoms with van der Waals surface area (Å²) in [6.07, 6.45) is 2.82. The molecule has 4 N–H and O–H groups in total. The molecule has 0 spiro atoms. The molecule has 24 heavy (non-hydrogen) atoms. The highest BCUT2D eigenvalue weighted by atomic mass is 14.9. The summed E-state index contributed by atoms with van der Waals surface area (Å²) in [5.74, 6) is 0. The van der Waals surface area contributed by atoms with Gasteiger partial charge in [-0.2, -0.15) is 0 Å². The van der Waals surface area contributed by atoms with Gasteiger partial charge in [-0.3, -0.25) is 0 Å². The number of anilines is 1. The molecular formula is C20H20N4. The number of pyridine rings is 1. The second kappa shape index (κ2) is 6.34. The number of nitrogens with one attached hydrogen (secondary N) is 2. The van der Waals surface area contributed by atoms with Gasteiger partial charge in [0.15, 0.2) is 0 Å². The van der Waals surface area contributed by atoms with Crippen LogP contribution in [0.3, 0.4) is 0 Å². The number of H-pyrrole nitrogens is 1. The molecule has 0 aliphatic heterocycles. The predicted molar refractivity (Wildman–Crippen MR) is 101 cm³/mol. The van der Waals surface area contributed by atoms with Crippen LogP contribution >= 0.6 is 0 Å². The van der Waals surface area contributed by atoms with E-state index in [9.17, 15) is 0 Å². The van der Waals surface area contributed by atoms with Crippen LogP contribution < -0.4 is 11.1 Å². The Kier molecular flexibility index (Phi) is 3.89. The second-order valence-electron chi connectivity index (χ2n) is 5.87. The van der Waals surface area contributed by atoms with Crippen LogP contribution in [0.5, 0.6) is 0 Å². The Labute approximate surface area is 140 Å². The number of aromatic amines is 1. The van der Waals surface area contributed by atoms with Crippen molar-refractivity contribution in [3.8, 4) is 11.1 Å². The molecule has 0 saturated carbocycles. The largest absolute Gasteiger partial charge is 0.384 e. The zero-order chi connectivity index (χ0) is 16.4. The molecule has 4 aromatic rings. The van der Waals surface area contributed by atoms with Crippen LogP contribution in [-0.4, -0.2) is 23.1 Å². The summed E-state index contributed by atoms with van der Waals surface area (Å²) in [5, 5.41) is 5.88. The van der Waals surface area contributed by atoms with E-state index in [0.29, 0.717) is 6.54 Å². The number of hydrogen-bond donors (Lipinski definition) is 3. The lowest BCUT2D eigenvalue weighted by Gasteiger charge is -2.13. The molecule has 0 unspecified atom stereocenters. The van der Waals surface area contributed by atoms with E-state index in [1.165, 1.54) is 21.9 Å². The number of hydrogen-bond acceptors (Lipinski definition) is 3. The Hall–Kier alpha value is -2.85. The van der Waals surface area contributed by atoms with Gasteiger partial charge in [0.05, 0.1) is 0 Å². The monoisotopic (exact) mass is 316 g/mol. The average Bonchev–Trinajstić information content (AvgIpc) is 3.01. The van der Waals surface area contributed by atoms with Crippen molar-refractivity contribution in [3.63, 3.8) is 0 Å². The molecule has 0 fully saturated rings. The van der Waals surface area contributed by atoms with Crippen LogP contribution in [0.2, 0.25) is 0 Å². The summed E-state index contributed by atoms with van der Waals surface area (Å²) in [6, 6.07) is 18.8. The molecule has 0 radical (unpaired) electrons.